The van der Waals surface area contributed by atoms with Crippen LogP contribution in [0.2, 0.25) is 0 Å². The first-order valence-electron chi connectivity index (χ1n) is 16.6. The Morgan fingerprint density at radius 3 is 1.53 bits per heavy atom. The van der Waals surface area contributed by atoms with Crippen molar-refractivity contribution in [3.63, 3.8) is 0 Å². The molecule has 0 N–H and O–H groups in total. The monoisotopic (exact) mass is 627 g/mol. The van der Waals surface area contributed by atoms with E-state index in [-0.39, 0.29) is 0 Å². The van der Waals surface area contributed by atoms with Crippen LogP contribution in [0.3, 0.4) is 0 Å². The molecule has 0 spiro atoms. The summed E-state index contributed by atoms with van der Waals surface area (Å²) in [5.41, 5.74) is 11.3. The van der Waals surface area contributed by atoms with Crippen LogP contribution in [0.25, 0.3) is 76.9 Å². The molecular weight excluding hydrogens is 599 g/mol. The van der Waals surface area contributed by atoms with E-state index in [4.69, 9.17) is 8.83 Å². The molecule has 0 unspecified atom stereocenters. The molecular formula is C46H29NO2. The number of hydrogen-bond donors (Lipinski definition) is 0. The molecule has 0 aliphatic heterocycles. The first-order valence-corrected chi connectivity index (χ1v) is 16.6. The van der Waals surface area contributed by atoms with Gasteiger partial charge in [0.05, 0.1) is 5.69 Å². The van der Waals surface area contributed by atoms with Crippen molar-refractivity contribution >= 4 is 71.7 Å². The molecule has 10 rings (SSSR count). The van der Waals surface area contributed by atoms with Gasteiger partial charge in [0.2, 0.25) is 0 Å². The Hall–Kier alpha value is -6.58. The van der Waals surface area contributed by atoms with Crippen LogP contribution in [0.4, 0.5) is 17.1 Å². The molecule has 8 aromatic carbocycles. The van der Waals surface area contributed by atoms with E-state index >= 15 is 0 Å². The zero-order chi connectivity index (χ0) is 32.3. The minimum absolute atomic E-state index is 0.865. The first kappa shape index (κ1) is 27.5. The van der Waals surface area contributed by atoms with Crippen LogP contribution in [-0.4, -0.2) is 0 Å². The molecule has 3 nitrogen and oxygen atoms in total. The van der Waals surface area contributed by atoms with Gasteiger partial charge in [-0.25, -0.2) is 0 Å². The van der Waals surface area contributed by atoms with Crippen molar-refractivity contribution in [2.45, 2.75) is 0 Å². The molecule has 3 heteroatoms. The van der Waals surface area contributed by atoms with Crippen molar-refractivity contribution in [1.29, 1.82) is 0 Å². The Kier molecular flexibility index (Phi) is 6.18. The Morgan fingerprint density at radius 2 is 0.837 bits per heavy atom. The quantitative estimate of drug-likeness (QED) is 0.190. The second-order valence-corrected chi connectivity index (χ2v) is 12.5. The van der Waals surface area contributed by atoms with Crippen LogP contribution in [0.15, 0.2) is 185 Å². The minimum Gasteiger partial charge on any atom is -0.455 e. The number of rotatable bonds is 5. The van der Waals surface area contributed by atoms with Crippen molar-refractivity contribution in [1.82, 2.24) is 0 Å². The predicted octanol–water partition coefficient (Wildman–Crippen LogP) is 13.4. The molecule has 10 aromatic rings. The normalized spacial score (nSPS) is 11.7. The van der Waals surface area contributed by atoms with E-state index in [2.05, 4.69) is 157 Å². The largest absolute Gasteiger partial charge is 0.455 e. The van der Waals surface area contributed by atoms with E-state index in [1.54, 1.807) is 0 Å². The van der Waals surface area contributed by atoms with Gasteiger partial charge in [-0.15, -0.1) is 0 Å². The zero-order valence-electron chi connectivity index (χ0n) is 26.5. The van der Waals surface area contributed by atoms with Crippen LogP contribution in [-0.2, 0) is 0 Å². The highest BCUT2D eigenvalue weighted by Crippen LogP contribution is 2.43. The fourth-order valence-electron chi connectivity index (χ4n) is 7.25. The van der Waals surface area contributed by atoms with Gasteiger partial charge in [0, 0.05) is 38.3 Å². The summed E-state index contributed by atoms with van der Waals surface area (Å²) in [5, 5.41) is 6.78. The number of para-hydroxylation sites is 3. The molecule has 0 bridgehead atoms. The fraction of sp³-hybridized carbons (Fsp3) is 0. The van der Waals surface area contributed by atoms with Gasteiger partial charge in [-0.2, -0.15) is 0 Å². The topological polar surface area (TPSA) is 29.5 Å². The lowest BCUT2D eigenvalue weighted by Gasteiger charge is -2.26. The second kappa shape index (κ2) is 11.0. The highest BCUT2D eigenvalue weighted by atomic mass is 16.3. The fourth-order valence-corrected chi connectivity index (χ4v) is 7.25. The summed E-state index contributed by atoms with van der Waals surface area (Å²) in [6, 6.07) is 62.0. The van der Waals surface area contributed by atoms with Gasteiger partial charge >= 0.3 is 0 Å². The molecule has 0 aliphatic rings. The van der Waals surface area contributed by atoms with Crippen molar-refractivity contribution < 1.29 is 8.83 Å². The summed E-state index contributed by atoms with van der Waals surface area (Å²) in [7, 11) is 0. The molecule has 0 radical (unpaired) electrons. The van der Waals surface area contributed by atoms with Crippen molar-refractivity contribution in [2.24, 2.45) is 0 Å². The molecule has 0 saturated carbocycles. The lowest BCUT2D eigenvalue weighted by atomic mass is 9.99. The summed E-state index contributed by atoms with van der Waals surface area (Å²) in [5.74, 6) is 0. The smallest absolute Gasteiger partial charge is 0.159 e. The predicted molar refractivity (Wildman–Crippen MR) is 204 cm³/mol. The summed E-state index contributed by atoms with van der Waals surface area (Å²) in [4.78, 5) is 2.29. The Bertz CT molecular complexity index is 2810. The summed E-state index contributed by atoms with van der Waals surface area (Å²) in [6.45, 7) is 0. The second-order valence-electron chi connectivity index (χ2n) is 12.5. The maximum Gasteiger partial charge on any atom is 0.159 e. The van der Waals surface area contributed by atoms with Gasteiger partial charge in [-0.3, -0.25) is 0 Å². The van der Waals surface area contributed by atoms with Gasteiger partial charge in [-0.05, 0) is 82.2 Å². The van der Waals surface area contributed by atoms with Gasteiger partial charge in [0.1, 0.15) is 16.7 Å². The van der Waals surface area contributed by atoms with E-state index in [1.807, 2.05) is 24.3 Å². The average molecular weight is 628 g/mol. The van der Waals surface area contributed by atoms with E-state index in [9.17, 15) is 0 Å². The molecule has 0 aliphatic carbocycles. The van der Waals surface area contributed by atoms with Crippen LogP contribution in [0.5, 0.6) is 0 Å². The van der Waals surface area contributed by atoms with Gasteiger partial charge < -0.3 is 13.7 Å². The highest BCUT2D eigenvalue weighted by Gasteiger charge is 2.20. The molecule has 2 aromatic heterocycles. The zero-order valence-corrected chi connectivity index (χ0v) is 26.5. The number of fused-ring (bicyclic) bond motifs is 8. The van der Waals surface area contributed by atoms with Crippen LogP contribution in [0, 0.1) is 0 Å². The van der Waals surface area contributed by atoms with Gasteiger partial charge in [0.15, 0.2) is 5.58 Å². The van der Waals surface area contributed by atoms with E-state index in [1.165, 1.54) is 11.1 Å². The lowest BCUT2D eigenvalue weighted by Crippen LogP contribution is -2.10. The summed E-state index contributed by atoms with van der Waals surface area (Å²) < 4.78 is 12.9. The highest BCUT2D eigenvalue weighted by molar-refractivity contribution is 6.15. The average Bonchev–Trinajstić information content (AvgIpc) is 3.75. The molecule has 230 valence electrons. The van der Waals surface area contributed by atoms with Gasteiger partial charge in [0.25, 0.3) is 0 Å². The number of benzene rings is 8. The summed E-state index contributed by atoms with van der Waals surface area (Å²) in [6.07, 6.45) is 0. The van der Waals surface area contributed by atoms with Crippen LogP contribution in [0.1, 0.15) is 0 Å². The van der Waals surface area contributed by atoms with E-state index < -0.39 is 0 Å². The standard InChI is InChI=1S/C46H29NO2/c1-2-9-30(10-3-1)31-19-24-35(25-20-31)47(42-14-8-13-39-37-11-4-7-16-44(37)49-46(39)42)36-26-21-32(22-27-36)34-18-17-33-23-28-40-38-12-5-6-15-43(38)48-45(40)41(33)29-34/h1-29H. The summed E-state index contributed by atoms with van der Waals surface area (Å²) >= 11 is 0. The molecule has 0 fully saturated rings. The molecule has 49 heavy (non-hydrogen) atoms. The number of nitrogens with zero attached hydrogens (tertiary/aromatic N) is 1. The number of furan rings is 2. The first-order chi connectivity index (χ1) is 24.3. The molecule has 0 atom stereocenters. The third kappa shape index (κ3) is 4.51. The van der Waals surface area contributed by atoms with Crippen molar-refractivity contribution in [2.75, 3.05) is 4.90 Å². The number of anilines is 3. The molecule has 0 saturated heterocycles. The van der Waals surface area contributed by atoms with Crippen LogP contribution >= 0.6 is 0 Å². The minimum atomic E-state index is 0.865. The Morgan fingerprint density at radius 1 is 0.327 bits per heavy atom. The van der Waals surface area contributed by atoms with E-state index in [0.29, 0.717) is 0 Å². The number of hydrogen-bond acceptors (Lipinski definition) is 3. The van der Waals surface area contributed by atoms with Crippen molar-refractivity contribution in [3.8, 4) is 22.3 Å². The van der Waals surface area contributed by atoms with Crippen molar-refractivity contribution in [3.05, 3.63) is 176 Å². The van der Waals surface area contributed by atoms with Gasteiger partial charge in [-0.1, -0.05) is 121 Å². The maximum atomic E-state index is 6.54. The Labute approximate surface area is 282 Å². The maximum absolute atomic E-state index is 6.54. The third-order valence-corrected chi connectivity index (χ3v) is 9.68. The van der Waals surface area contributed by atoms with E-state index in [0.717, 1.165) is 82.8 Å². The molecule has 0 amide bonds. The third-order valence-electron chi connectivity index (χ3n) is 9.68. The SMILES string of the molecule is c1ccc(-c2ccc(N(c3ccc(-c4ccc5ccc6c7ccccc7oc6c5c4)cc3)c3cccc4c3oc3ccccc34)cc2)cc1. The lowest BCUT2D eigenvalue weighted by molar-refractivity contribution is 0.669. The Balaban J connectivity index is 1.10. The van der Waals surface area contributed by atoms with Crippen LogP contribution < -0.4 is 4.90 Å². The molecule has 2 heterocycles.